The molecule has 0 spiro atoms. The first kappa shape index (κ1) is 23.4. The normalized spacial score (nSPS) is 26.7. The van der Waals surface area contributed by atoms with Gasteiger partial charge in [-0.2, -0.15) is 0 Å². The highest BCUT2D eigenvalue weighted by atomic mass is 16.6. The number of amides is 2. The molecule has 1 aromatic carbocycles. The van der Waals surface area contributed by atoms with Crippen molar-refractivity contribution in [2.45, 2.75) is 83.8 Å². The standard InChI is InChI=1S/C29H40N2O3/c1-29(2,3)34-28(33)30(4)18-19-9-11-21(12-10-19)27(32)31-16-15-24-23-8-6-5-7-22(23)17-25(24)26(31)20-13-14-20/h5-8,19-21,26H,9-18H2,1-4H3. The van der Waals surface area contributed by atoms with Crippen molar-refractivity contribution in [2.24, 2.45) is 17.8 Å². The average molecular weight is 465 g/mol. The summed E-state index contributed by atoms with van der Waals surface area (Å²) in [5.41, 5.74) is 5.48. The molecule has 2 saturated carbocycles. The van der Waals surface area contributed by atoms with Gasteiger partial charge in [0, 0.05) is 26.1 Å². The van der Waals surface area contributed by atoms with Gasteiger partial charge >= 0.3 is 6.09 Å². The van der Waals surface area contributed by atoms with Gasteiger partial charge in [-0.1, -0.05) is 24.3 Å². The lowest BCUT2D eigenvalue weighted by molar-refractivity contribution is -0.139. The second-order valence-corrected chi connectivity index (χ2v) is 12.0. The lowest BCUT2D eigenvalue weighted by Crippen LogP contribution is -2.49. The first-order valence-electron chi connectivity index (χ1n) is 13.3. The monoisotopic (exact) mass is 464 g/mol. The first-order valence-corrected chi connectivity index (χ1v) is 13.3. The van der Waals surface area contributed by atoms with Gasteiger partial charge in [0.1, 0.15) is 5.60 Å². The van der Waals surface area contributed by atoms with E-state index in [1.165, 1.54) is 35.1 Å². The van der Waals surface area contributed by atoms with Crippen LogP contribution in [0, 0.1) is 17.8 Å². The van der Waals surface area contributed by atoms with Crippen molar-refractivity contribution < 1.29 is 14.3 Å². The minimum atomic E-state index is -0.474. The second kappa shape index (κ2) is 9.05. The summed E-state index contributed by atoms with van der Waals surface area (Å²) in [6, 6.07) is 9.15. The van der Waals surface area contributed by atoms with E-state index >= 15 is 0 Å². The zero-order valence-electron chi connectivity index (χ0n) is 21.3. The van der Waals surface area contributed by atoms with Crippen LogP contribution >= 0.6 is 0 Å². The van der Waals surface area contributed by atoms with Gasteiger partial charge in [0.05, 0.1) is 6.04 Å². The van der Waals surface area contributed by atoms with Gasteiger partial charge in [0.2, 0.25) is 5.91 Å². The molecule has 0 saturated heterocycles. The Hall–Kier alpha value is -2.30. The molecule has 3 aliphatic carbocycles. The Morgan fingerprint density at radius 2 is 1.76 bits per heavy atom. The molecule has 0 N–H and O–H groups in total. The van der Waals surface area contributed by atoms with Gasteiger partial charge in [-0.3, -0.25) is 4.79 Å². The fourth-order valence-corrected chi connectivity index (χ4v) is 6.42. The third kappa shape index (κ3) is 4.76. The number of carbonyl (C=O) groups excluding carboxylic acids is 2. The number of rotatable bonds is 4. The SMILES string of the molecule is CN(CC1CCC(C(=O)N2CCC3=C(Cc4ccccc43)C2C2CC2)CC1)C(=O)OC(C)(C)C. The van der Waals surface area contributed by atoms with E-state index < -0.39 is 5.60 Å². The summed E-state index contributed by atoms with van der Waals surface area (Å²) in [5, 5.41) is 0. The van der Waals surface area contributed by atoms with Gasteiger partial charge in [0.25, 0.3) is 0 Å². The highest BCUT2D eigenvalue weighted by molar-refractivity contribution is 5.84. The molecule has 1 aromatic rings. The first-order chi connectivity index (χ1) is 16.2. The number of fused-ring (bicyclic) bond motifs is 2. The van der Waals surface area contributed by atoms with Crippen LogP contribution in [0.15, 0.2) is 29.8 Å². The van der Waals surface area contributed by atoms with Crippen LogP contribution in [-0.2, 0) is 16.0 Å². The summed E-state index contributed by atoms with van der Waals surface area (Å²) in [6.07, 6.45) is 8.16. The van der Waals surface area contributed by atoms with Crippen molar-refractivity contribution in [1.82, 2.24) is 9.80 Å². The molecule has 34 heavy (non-hydrogen) atoms. The van der Waals surface area contributed by atoms with Crippen LogP contribution in [0.3, 0.4) is 0 Å². The predicted molar refractivity (Wildman–Crippen MR) is 134 cm³/mol. The van der Waals surface area contributed by atoms with Crippen molar-refractivity contribution >= 4 is 17.6 Å². The minimum Gasteiger partial charge on any atom is -0.444 e. The minimum absolute atomic E-state index is 0.135. The van der Waals surface area contributed by atoms with Crippen LogP contribution < -0.4 is 0 Å². The molecular formula is C29H40N2O3. The summed E-state index contributed by atoms with van der Waals surface area (Å²) < 4.78 is 5.50. The van der Waals surface area contributed by atoms with E-state index in [2.05, 4.69) is 29.2 Å². The maximum atomic E-state index is 13.8. The zero-order chi connectivity index (χ0) is 24.0. The maximum absolute atomic E-state index is 13.8. The average Bonchev–Trinajstić information content (AvgIpc) is 3.57. The summed E-state index contributed by atoms with van der Waals surface area (Å²) in [4.78, 5) is 30.1. The van der Waals surface area contributed by atoms with Crippen molar-refractivity contribution in [1.29, 1.82) is 0 Å². The van der Waals surface area contributed by atoms with Crippen LogP contribution in [0.5, 0.6) is 0 Å². The van der Waals surface area contributed by atoms with E-state index in [1.807, 2.05) is 27.8 Å². The van der Waals surface area contributed by atoms with Crippen LogP contribution in [0.25, 0.3) is 5.57 Å². The number of nitrogens with zero attached hydrogens (tertiary/aromatic N) is 2. The van der Waals surface area contributed by atoms with Gasteiger partial charge in [-0.05, 0) is 106 Å². The van der Waals surface area contributed by atoms with Crippen LogP contribution in [0.2, 0.25) is 0 Å². The molecule has 1 aliphatic heterocycles. The lowest BCUT2D eigenvalue weighted by Gasteiger charge is -2.41. The van der Waals surface area contributed by atoms with E-state index in [0.29, 0.717) is 30.3 Å². The molecule has 2 fully saturated rings. The third-order valence-corrected chi connectivity index (χ3v) is 8.19. The van der Waals surface area contributed by atoms with Gasteiger partial charge in [-0.25, -0.2) is 4.79 Å². The Morgan fingerprint density at radius 1 is 1.06 bits per heavy atom. The quantitative estimate of drug-likeness (QED) is 0.576. The van der Waals surface area contributed by atoms with E-state index in [9.17, 15) is 9.59 Å². The van der Waals surface area contributed by atoms with E-state index in [1.54, 1.807) is 4.90 Å². The molecule has 0 bridgehead atoms. The fourth-order valence-electron chi connectivity index (χ4n) is 6.42. The molecule has 1 atom stereocenters. The molecule has 5 nitrogen and oxygen atoms in total. The van der Waals surface area contributed by atoms with Gasteiger partial charge in [-0.15, -0.1) is 0 Å². The Kier molecular flexibility index (Phi) is 6.24. The van der Waals surface area contributed by atoms with Crippen molar-refractivity contribution in [2.75, 3.05) is 20.1 Å². The third-order valence-electron chi connectivity index (χ3n) is 8.19. The van der Waals surface area contributed by atoms with Crippen LogP contribution in [0.4, 0.5) is 4.79 Å². The molecule has 0 radical (unpaired) electrons. The largest absolute Gasteiger partial charge is 0.444 e. The lowest BCUT2D eigenvalue weighted by atomic mass is 9.80. The van der Waals surface area contributed by atoms with E-state index in [-0.39, 0.29) is 12.0 Å². The molecule has 184 valence electrons. The van der Waals surface area contributed by atoms with Crippen molar-refractivity contribution in [3.05, 3.63) is 41.0 Å². The fraction of sp³-hybridized carbons (Fsp3) is 0.655. The van der Waals surface area contributed by atoms with Gasteiger partial charge < -0.3 is 14.5 Å². The highest BCUT2D eigenvalue weighted by Crippen LogP contribution is 2.49. The molecule has 0 aromatic heterocycles. The smallest absolute Gasteiger partial charge is 0.410 e. The van der Waals surface area contributed by atoms with E-state index in [0.717, 1.165) is 45.1 Å². The molecule has 5 rings (SSSR count). The van der Waals surface area contributed by atoms with Crippen molar-refractivity contribution in [3.8, 4) is 0 Å². The summed E-state index contributed by atoms with van der Waals surface area (Å²) in [7, 11) is 1.82. The van der Waals surface area contributed by atoms with Crippen LogP contribution in [0.1, 0.15) is 76.8 Å². The Bertz CT molecular complexity index is 979. The molecule has 5 heteroatoms. The number of carbonyl (C=O) groups is 2. The maximum Gasteiger partial charge on any atom is 0.410 e. The Labute approximate surface area is 204 Å². The summed E-state index contributed by atoms with van der Waals surface area (Å²) >= 11 is 0. The zero-order valence-corrected chi connectivity index (χ0v) is 21.3. The molecular weight excluding hydrogens is 424 g/mol. The highest BCUT2D eigenvalue weighted by Gasteiger charge is 2.46. The van der Waals surface area contributed by atoms with Crippen LogP contribution in [-0.4, -0.2) is 53.6 Å². The number of hydrogen-bond acceptors (Lipinski definition) is 3. The Morgan fingerprint density at radius 3 is 2.44 bits per heavy atom. The predicted octanol–water partition coefficient (Wildman–Crippen LogP) is 5.68. The second-order valence-electron chi connectivity index (χ2n) is 12.0. The topological polar surface area (TPSA) is 49.9 Å². The number of hydrogen-bond donors (Lipinski definition) is 0. The van der Waals surface area contributed by atoms with Gasteiger partial charge in [0.15, 0.2) is 0 Å². The number of benzene rings is 1. The summed E-state index contributed by atoms with van der Waals surface area (Å²) in [5.74, 6) is 1.62. The molecule has 1 unspecified atom stereocenters. The van der Waals surface area contributed by atoms with E-state index in [4.69, 9.17) is 4.74 Å². The Balaban J connectivity index is 1.20. The number of ether oxygens (including phenoxy) is 1. The molecule has 1 heterocycles. The molecule has 2 amide bonds. The molecule has 4 aliphatic rings. The van der Waals surface area contributed by atoms with Crippen molar-refractivity contribution in [3.63, 3.8) is 0 Å². The summed E-state index contributed by atoms with van der Waals surface area (Å²) in [6.45, 7) is 7.27.